The minimum Gasteiger partial charge on any atom is -0.360 e. The number of rotatable bonds is 7. The first-order chi connectivity index (χ1) is 14.7. The van der Waals surface area contributed by atoms with E-state index in [1.54, 1.807) is 6.20 Å². The molecule has 0 spiro atoms. The number of halogens is 3. The number of nitrogens with zero attached hydrogens (tertiary/aromatic N) is 2. The van der Waals surface area contributed by atoms with Gasteiger partial charge in [0.2, 0.25) is 5.91 Å². The van der Waals surface area contributed by atoms with Crippen LogP contribution in [0, 0.1) is 0 Å². The van der Waals surface area contributed by atoms with Crippen molar-refractivity contribution in [3.63, 3.8) is 0 Å². The molecule has 0 aliphatic carbocycles. The van der Waals surface area contributed by atoms with Crippen molar-refractivity contribution in [3.05, 3.63) is 70.2 Å². The fourth-order valence-corrected chi connectivity index (χ4v) is 3.68. The molecule has 1 fully saturated rings. The van der Waals surface area contributed by atoms with E-state index in [1.807, 2.05) is 31.2 Å². The summed E-state index contributed by atoms with van der Waals surface area (Å²) in [6.45, 7) is 2.31. The van der Waals surface area contributed by atoms with Gasteiger partial charge in [0.1, 0.15) is 5.69 Å². The number of amides is 1. The van der Waals surface area contributed by atoms with Gasteiger partial charge in [0.15, 0.2) is 5.13 Å². The lowest BCUT2D eigenvalue weighted by molar-refractivity contribution is -0.141. The number of anilines is 1. The van der Waals surface area contributed by atoms with Gasteiger partial charge in [-0.1, -0.05) is 29.6 Å². The number of hydrogen-bond acceptors (Lipinski definition) is 6. The van der Waals surface area contributed by atoms with Crippen molar-refractivity contribution in [3.8, 4) is 0 Å². The molecule has 6 nitrogen and oxygen atoms in total. The highest BCUT2D eigenvalue weighted by atomic mass is 32.1. The van der Waals surface area contributed by atoms with Crippen molar-refractivity contribution in [2.75, 3.05) is 11.9 Å². The number of allylic oxidation sites excluding steroid dienone is 4. The molecule has 164 valence electrons. The van der Waals surface area contributed by atoms with E-state index >= 15 is 0 Å². The molecule has 2 aromatic rings. The Bertz CT molecular complexity index is 1010. The van der Waals surface area contributed by atoms with Gasteiger partial charge in [0.25, 0.3) is 0 Å². The summed E-state index contributed by atoms with van der Waals surface area (Å²) in [5.74, 6) is -0.0135. The molecule has 1 amide bonds. The predicted octanol–water partition coefficient (Wildman–Crippen LogP) is 3.90. The van der Waals surface area contributed by atoms with Crippen LogP contribution in [-0.2, 0) is 17.4 Å². The zero-order valence-electron chi connectivity index (χ0n) is 16.7. The smallest absolute Gasteiger partial charge is 0.360 e. The summed E-state index contributed by atoms with van der Waals surface area (Å²) in [6, 6.07) is 2.04. The maximum Gasteiger partial charge on any atom is 0.433 e. The summed E-state index contributed by atoms with van der Waals surface area (Å²) >= 11 is 1.44. The normalized spacial score (nSPS) is 18.2. The number of alkyl halides is 3. The second-order valence-corrected chi connectivity index (χ2v) is 8.00. The summed E-state index contributed by atoms with van der Waals surface area (Å²) < 4.78 is 37.7. The van der Waals surface area contributed by atoms with E-state index in [2.05, 4.69) is 20.6 Å². The quantitative estimate of drug-likeness (QED) is 0.596. The number of nitrogens with one attached hydrogen (secondary N) is 2. The van der Waals surface area contributed by atoms with Gasteiger partial charge in [0.05, 0.1) is 6.42 Å². The molecular weight excluding hydrogens is 427 g/mol. The SMILES string of the molecule is C/C=C1/CC(=O)N/C1=C/C=C/c1cnc(NC[C@@H](N)Cc2ccc(C(F)(F)F)nc2)s1. The standard InChI is InChI=1S/C21H22F3N5OS/c1-2-14-9-19(30)29-17(14)5-3-4-16-12-28-20(31-16)27-11-15(25)8-13-6-7-18(26-10-13)21(22,23)24/h2-7,10,12,15H,8-9,11,25H2,1H3,(H,27,28)(H,29,30)/b4-3+,14-2-,17-5+/t15-/m0/s1. The molecule has 4 N–H and O–H groups in total. The summed E-state index contributed by atoms with van der Waals surface area (Å²) in [4.78, 5) is 20.1. The van der Waals surface area contributed by atoms with Crippen molar-refractivity contribution in [2.24, 2.45) is 5.73 Å². The maximum absolute atomic E-state index is 12.6. The van der Waals surface area contributed by atoms with E-state index < -0.39 is 11.9 Å². The van der Waals surface area contributed by atoms with Crippen LogP contribution in [0.5, 0.6) is 0 Å². The fraction of sp³-hybridized carbons (Fsp3) is 0.286. The largest absolute Gasteiger partial charge is 0.433 e. The first kappa shape index (κ1) is 22.7. The van der Waals surface area contributed by atoms with Crippen LogP contribution in [0.3, 0.4) is 0 Å². The Morgan fingerprint density at radius 3 is 2.81 bits per heavy atom. The van der Waals surface area contributed by atoms with Crippen LogP contribution < -0.4 is 16.4 Å². The van der Waals surface area contributed by atoms with Gasteiger partial charge in [-0.05, 0) is 42.7 Å². The lowest BCUT2D eigenvalue weighted by atomic mass is 10.1. The lowest BCUT2D eigenvalue weighted by Crippen LogP contribution is -2.31. The average Bonchev–Trinajstić information content (AvgIpc) is 3.32. The topological polar surface area (TPSA) is 92.9 Å². The number of nitrogens with two attached hydrogens (primary N) is 1. The minimum atomic E-state index is -4.45. The molecule has 1 atom stereocenters. The molecule has 0 bridgehead atoms. The van der Waals surface area contributed by atoms with Crippen molar-refractivity contribution >= 4 is 28.5 Å². The third-order valence-corrected chi connectivity index (χ3v) is 5.42. The number of carbonyl (C=O) groups is 1. The monoisotopic (exact) mass is 449 g/mol. The molecule has 10 heteroatoms. The van der Waals surface area contributed by atoms with Gasteiger partial charge >= 0.3 is 6.18 Å². The second-order valence-electron chi connectivity index (χ2n) is 6.94. The molecule has 3 heterocycles. The van der Waals surface area contributed by atoms with E-state index in [0.29, 0.717) is 30.1 Å². The maximum atomic E-state index is 12.6. The van der Waals surface area contributed by atoms with Gasteiger partial charge < -0.3 is 16.4 Å². The Morgan fingerprint density at radius 2 is 2.13 bits per heavy atom. The van der Waals surface area contributed by atoms with Gasteiger partial charge in [-0.2, -0.15) is 13.2 Å². The van der Waals surface area contributed by atoms with Gasteiger partial charge in [-0.15, -0.1) is 0 Å². The molecule has 31 heavy (non-hydrogen) atoms. The molecule has 0 unspecified atom stereocenters. The van der Waals surface area contributed by atoms with E-state index in [1.165, 1.54) is 23.6 Å². The third kappa shape index (κ3) is 6.50. The van der Waals surface area contributed by atoms with E-state index in [0.717, 1.165) is 22.2 Å². The second kappa shape index (κ2) is 9.88. The molecule has 0 saturated carbocycles. The molecule has 1 saturated heterocycles. The van der Waals surface area contributed by atoms with Gasteiger partial charge in [-0.3, -0.25) is 9.78 Å². The van der Waals surface area contributed by atoms with Crippen LogP contribution in [0.1, 0.15) is 29.5 Å². The molecule has 2 aromatic heterocycles. The highest BCUT2D eigenvalue weighted by Crippen LogP contribution is 2.27. The molecule has 3 rings (SSSR count). The van der Waals surface area contributed by atoms with Crippen molar-refractivity contribution in [1.82, 2.24) is 15.3 Å². The fourth-order valence-electron chi connectivity index (χ4n) is 2.94. The van der Waals surface area contributed by atoms with E-state index in [4.69, 9.17) is 5.73 Å². The number of thiazole rings is 1. The Labute approximate surface area is 181 Å². The number of aromatic nitrogens is 2. The molecule has 1 aliphatic heterocycles. The van der Waals surface area contributed by atoms with Crippen LogP contribution in [-0.4, -0.2) is 28.5 Å². The average molecular weight is 450 g/mol. The predicted molar refractivity (Wildman–Crippen MR) is 115 cm³/mol. The highest BCUT2D eigenvalue weighted by molar-refractivity contribution is 7.16. The minimum absolute atomic E-state index is 0.0135. The van der Waals surface area contributed by atoms with Crippen molar-refractivity contribution in [1.29, 1.82) is 0 Å². The number of pyridine rings is 1. The van der Waals surface area contributed by atoms with Crippen molar-refractivity contribution < 1.29 is 18.0 Å². The summed E-state index contributed by atoms with van der Waals surface area (Å²) in [6.07, 6.45) is 6.77. The summed E-state index contributed by atoms with van der Waals surface area (Å²) in [5, 5.41) is 6.65. The molecule has 1 aliphatic rings. The Morgan fingerprint density at radius 1 is 1.32 bits per heavy atom. The third-order valence-electron chi connectivity index (χ3n) is 4.50. The van der Waals surface area contributed by atoms with Crippen LogP contribution >= 0.6 is 11.3 Å². The first-order valence-corrected chi connectivity index (χ1v) is 10.4. The summed E-state index contributed by atoms with van der Waals surface area (Å²) in [5.41, 5.74) is 7.57. The van der Waals surface area contributed by atoms with Crippen LogP contribution in [0.4, 0.5) is 18.3 Å². The molecule has 0 aromatic carbocycles. The van der Waals surface area contributed by atoms with E-state index in [-0.39, 0.29) is 11.9 Å². The first-order valence-electron chi connectivity index (χ1n) is 9.56. The Balaban J connectivity index is 1.49. The lowest BCUT2D eigenvalue weighted by Gasteiger charge is -2.12. The Hall–Kier alpha value is -2.98. The highest BCUT2D eigenvalue weighted by Gasteiger charge is 2.32. The number of hydrogen-bond donors (Lipinski definition) is 3. The Kier molecular flexibility index (Phi) is 7.24. The van der Waals surface area contributed by atoms with E-state index in [9.17, 15) is 18.0 Å². The van der Waals surface area contributed by atoms with Crippen LogP contribution in [0.25, 0.3) is 6.08 Å². The van der Waals surface area contributed by atoms with Crippen molar-refractivity contribution in [2.45, 2.75) is 32.0 Å². The van der Waals surface area contributed by atoms with Crippen LogP contribution in [0.15, 0.2) is 54.0 Å². The van der Waals surface area contributed by atoms with Gasteiger partial charge in [-0.25, -0.2) is 4.98 Å². The van der Waals surface area contributed by atoms with Crippen LogP contribution in [0.2, 0.25) is 0 Å². The number of carbonyl (C=O) groups excluding carboxylic acids is 1. The van der Waals surface area contributed by atoms with Gasteiger partial charge in [0, 0.05) is 35.6 Å². The zero-order valence-corrected chi connectivity index (χ0v) is 17.6. The zero-order chi connectivity index (χ0) is 22.4. The molecule has 0 radical (unpaired) electrons. The molecular formula is C21H22F3N5OS. The summed E-state index contributed by atoms with van der Waals surface area (Å²) in [7, 11) is 0.